The Morgan fingerprint density at radius 3 is 2.54 bits per heavy atom. The lowest BCUT2D eigenvalue weighted by molar-refractivity contribution is 0.157. The van der Waals surface area contributed by atoms with Gasteiger partial charge in [0.25, 0.3) is 6.43 Å². The molecule has 0 radical (unpaired) electrons. The van der Waals surface area contributed by atoms with E-state index in [0.717, 1.165) is 11.0 Å². The van der Waals surface area contributed by atoms with Crippen molar-refractivity contribution >= 4 is 44.3 Å². The van der Waals surface area contributed by atoms with Gasteiger partial charge in [-0.3, -0.25) is 5.43 Å². The van der Waals surface area contributed by atoms with Crippen molar-refractivity contribution < 1.29 is 17.6 Å². The third-order valence-corrected chi connectivity index (χ3v) is 4.19. The summed E-state index contributed by atoms with van der Waals surface area (Å²) >= 11 is 3.02. The smallest absolute Gasteiger partial charge is 0.256 e. The van der Waals surface area contributed by atoms with Crippen LogP contribution in [0.15, 0.2) is 40.9 Å². The molecule has 26 heavy (non-hydrogen) atoms. The number of alkyl halides is 2. The van der Waals surface area contributed by atoms with Gasteiger partial charge in [0, 0.05) is 0 Å². The Morgan fingerprint density at radius 2 is 1.85 bits per heavy atom. The number of aromatic nitrogens is 2. The molecule has 0 aliphatic carbocycles. The molecule has 0 saturated heterocycles. The Kier molecular flexibility index (Phi) is 5.23. The lowest BCUT2D eigenvalue weighted by Gasteiger charge is -2.26. The predicted molar refractivity (Wildman–Crippen MR) is 94.4 cm³/mol. The summed E-state index contributed by atoms with van der Waals surface area (Å²) in [6.45, 7) is -0.905. The quantitative estimate of drug-likeness (QED) is 0.358. The SMILES string of the molecule is NNc1nc(N(CC(F)F)c2cccc(Br)c2F)c2c(F)cccc2n1. The van der Waals surface area contributed by atoms with Gasteiger partial charge in [-0.2, -0.15) is 4.98 Å². The second-order valence-corrected chi connectivity index (χ2v) is 6.08. The van der Waals surface area contributed by atoms with E-state index in [9.17, 15) is 17.6 Å². The van der Waals surface area contributed by atoms with Crippen molar-refractivity contribution in [2.45, 2.75) is 6.43 Å². The number of nitrogens with zero attached hydrogens (tertiary/aromatic N) is 3. The van der Waals surface area contributed by atoms with Gasteiger partial charge < -0.3 is 4.90 Å². The number of anilines is 3. The molecular formula is C16H12BrF4N5. The molecule has 0 aliphatic rings. The predicted octanol–water partition coefficient (Wildman–Crippen LogP) is 4.36. The Hall–Kier alpha value is -2.46. The van der Waals surface area contributed by atoms with E-state index in [1.807, 2.05) is 0 Å². The summed E-state index contributed by atoms with van der Waals surface area (Å²) in [5, 5.41) is -0.119. The van der Waals surface area contributed by atoms with Gasteiger partial charge in [0.15, 0.2) is 5.82 Å². The summed E-state index contributed by atoms with van der Waals surface area (Å²) in [5.74, 6) is 3.48. The second-order valence-electron chi connectivity index (χ2n) is 5.22. The monoisotopic (exact) mass is 429 g/mol. The van der Waals surface area contributed by atoms with Gasteiger partial charge in [-0.25, -0.2) is 28.4 Å². The van der Waals surface area contributed by atoms with Gasteiger partial charge in [0.1, 0.15) is 11.6 Å². The molecule has 2 aromatic carbocycles. The maximum absolute atomic E-state index is 14.6. The maximum atomic E-state index is 14.6. The van der Waals surface area contributed by atoms with Crippen molar-refractivity contribution in [1.29, 1.82) is 0 Å². The molecular weight excluding hydrogens is 418 g/mol. The van der Waals surface area contributed by atoms with Gasteiger partial charge in [-0.05, 0) is 40.2 Å². The molecule has 0 aliphatic heterocycles. The Labute approximate surface area is 153 Å². The Bertz CT molecular complexity index is 953. The number of halogens is 5. The van der Waals surface area contributed by atoms with E-state index in [-0.39, 0.29) is 32.8 Å². The first-order valence-electron chi connectivity index (χ1n) is 7.35. The zero-order valence-corrected chi connectivity index (χ0v) is 14.6. The molecule has 10 heteroatoms. The van der Waals surface area contributed by atoms with Crippen molar-refractivity contribution in [1.82, 2.24) is 9.97 Å². The lowest BCUT2D eigenvalue weighted by Crippen LogP contribution is -2.27. The molecule has 0 amide bonds. The molecule has 3 aromatic rings. The molecule has 0 bridgehead atoms. The molecule has 0 unspecified atom stereocenters. The van der Waals surface area contributed by atoms with Crippen LogP contribution in [-0.4, -0.2) is 22.9 Å². The molecule has 3 N–H and O–H groups in total. The summed E-state index contributed by atoms with van der Waals surface area (Å²) in [5.41, 5.74) is 2.15. The minimum atomic E-state index is -2.83. The third kappa shape index (κ3) is 3.42. The van der Waals surface area contributed by atoms with Crippen LogP contribution < -0.4 is 16.2 Å². The first-order valence-corrected chi connectivity index (χ1v) is 8.14. The molecule has 136 valence electrons. The number of nitrogens with one attached hydrogen (secondary N) is 1. The molecule has 0 atom stereocenters. The van der Waals surface area contributed by atoms with E-state index in [1.54, 1.807) is 0 Å². The molecule has 5 nitrogen and oxygen atoms in total. The van der Waals surface area contributed by atoms with Crippen LogP contribution in [0, 0.1) is 11.6 Å². The fourth-order valence-corrected chi connectivity index (χ4v) is 2.88. The molecule has 0 fully saturated rings. The molecule has 1 aromatic heterocycles. The van der Waals surface area contributed by atoms with Crippen molar-refractivity contribution in [3.63, 3.8) is 0 Å². The highest BCUT2D eigenvalue weighted by Gasteiger charge is 2.24. The standard InChI is InChI=1S/C16H12BrF4N5/c17-8-3-1-6-11(14(8)21)26(7-12(19)20)15-13-9(18)4-2-5-10(13)23-16(24-15)25-22/h1-6,12H,7,22H2,(H,23,24,25). The van der Waals surface area contributed by atoms with Crippen LogP contribution in [0.25, 0.3) is 10.9 Å². The number of fused-ring (bicyclic) bond motifs is 1. The average molecular weight is 430 g/mol. The number of benzene rings is 2. The number of rotatable bonds is 5. The number of hydrogen-bond acceptors (Lipinski definition) is 5. The number of nitrogens with two attached hydrogens (primary N) is 1. The zero-order chi connectivity index (χ0) is 18.8. The molecule has 1 heterocycles. The summed E-state index contributed by atoms with van der Waals surface area (Å²) < 4.78 is 55.5. The highest BCUT2D eigenvalue weighted by atomic mass is 79.9. The summed E-state index contributed by atoms with van der Waals surface area (Å²) in [6, 6.07) is 8.22. The van der Waals surface area contributed by atoms with E-state index in [2.05, 4.69) is 31.3 Å². The number of hydrogen-bond donors (Lipinski definition) is 2. The molecule has 0 saturated carbocycles. The number of nitrogen functional groups attached to an aromatic ring is 1. The second kappa shape index (κ2) is 7.42. The normalized spacial score (nSPS) is 11.2. The Balaban J connectivity index is 2.32. The molecule has 0 spiro atoms. The summed E-state index contributed by atoms with van der Waals surface area (Å²) in [4.78, 5) is 8.91. The average Bonchev–Trinajstić information content (AvgIpc) is 2.61. The van der Waals surface area contributed by atoms with Crippen LogP contribution in [0.2, 0.25) is 0 Å². The summed E-state index contributed by atoms with van der Waals surface area (Å²) in [7, 11) is 0. The van der Waals surface area contributed by atoms with Gasteiger partial charge in [0.2, 0.25) is 5.95 Å². The van der Waals surface area contributed by atoms with Crippen LogP contribution >= 0.6 is 15.9 Å². The topological polar surface area (TPSA) is 67.1 Å². The van der Waals surface area contributed by atoms with E-state index < -0.39 is 24.6 Å². The van der Waals surface area contributed by atoms with Crippen molar-refractivity contribution in [3.8, 4) is 0 Å². The van der Waals surface area contributed by atoms with Gasteiger partial charge in [-0.15, -0.1) is 0 Å². The van der Waals surface area contributed by atoms with Crippen LogP contribution in [0.4, 0.5) is 35.0 Å². The first-order chi connectivity index (χ1) is 12.4. The van der Waals surface area contributed by atoms with Crippen molar-refractivity contribution in [2.24, 2.45) is 5.84 Å². The minimum absolute atomic E-state index is 0.0743. The van der Waals surface area contributed by atoms with Crippen LogP contribution in [-0.2, 0) is 0 Å². The summed E-state index contributed by atoms with van der Waals surface area (Å²) in [6.07, 6.45) is -2.83. The first kappa shape index (κ1) is 18.3. The van der Waals surface area contributed by atoms with E-state index >= 15 is 0 Å². The highest BCUT2D eigenvalue weighted by molar-refractivity contribution is 9.10. The van der Waals surface area contributed by atoms with Crippen LogP contribution in [0.5, 0.6) is 0 Å². The van der Waals surface area contributed by atoms with Crippen LogP contribution in [0.3, 0.4) is 0 Å². The fourth-order valence-electron chi connectivity index (χ4n) is 2.52. The van der Waals surface area contributed by atoms with Crippen molar-refractivity contribution in [2.75, 3.05) is 16.9 Å². The Morgan fingerprint density at radius 1 is 1.12 bits per heavy atom. The molecule has 3 rings (SSSR count). The zero-order valence-electron chi connectivity index (χ0n) is 13.1. The third-order valence-electron chi connectivity index (χ3n) is 3.58. The minimum Gasteiger partial charge on any atom is -0.317 e. The van der Waals surface area contributed by atoms with Crippen LogP contribution in [0.1, 0.15) is 0 Å². The maximum Gasteiger partial charge on any atom is 0.256 e. The van der Waals surface area contributed by atoms with Crippen molar-refractivity contribution in [3.05, 3.63) is 52.5 Å². The number of hydrazine groups is 1. The van der Waals surface area contributed by atoms with Gasteiger partial charge >= 0.3 is 0 Å². The van der Waals surface area contributed by atoms with Gasteiger partial charge in [-0.1, -0.05) is 12.1 Å². The highest BCUT2D eigenvalue weighted by Crippen LogP contribution is 2.36. The van der Waals surface area contributed by atoms with Gasteiger partial charge in [0.05, 0.1) is 27.6 Å². The van der Waals surface area contributed by atoms with E-state index in [4.69, 9.17) is 5.84 Å². The lowest BCUT2D eigenvalue weighted by atomic mass is 10.2. The van der Waals surface area contributed by atoms with E-state index in [0.29, 0.717) is 0 Å². The van der Waals surface area contributed by atoms with E-state index in [1.165, 1.54) is 30.3 Å². The fraction of sp³-hybridized carbons (Fsp3) is 0.125. The largest absolute Gasteiger partial charge is 0.317 e.